The smallest absolute Gasteiger partial charge is 0.197 e. The van der Waals surface area contributed by atoms with E-state index in [9.17, 15) is 0 Å². The number of hydrogen-bond acceptors (Lipinski definition) is 4. The zero-order valence-electron chi connectivity index (χ0n) is 10.3. The molecule has 20 heavy (non-hydrogen) atoms. The van der Waals surface area contributed by atoms with Crippen LogP contribution in [0.4, 0.5) is 5.95 Å². The third kappa shape index (κ3) is 3.23. The highest BCUT2D eigenvalue weighted by Crippen LogP contribution is 2.07. The first-order valence-corrected chi connectivity index (χ1v) is 6.02. The molecule has 3 aromatic rings. The number of nitrogens with one attached hydrogen (secondary N) is 1. The molecular weight excluding hydrogens is 252 g/mol. The molecule has 0 unspecified atom stereocenters. The van der Waals surface area contributed by atoms with Crippen LogP contribution in [0, 0.1) is 0 Å². The summed E-state index contributed by atoms with van der Waals surface area (Å²) in [6, 6.07) is 10.2. The van der Waals surface area contributed by atoms with E-state index in [1.807, 2.05) is 29.1 Å². The summed E-state index contributed by atoms with van der Waals surface area (Å²) in [4.78, 5) is 6.93. The molecule has 104 valence electrons. The Hall–Kier alpha value is -2.63. The van der Waals surface area contributed by atoms with Crippen LogP contribution in [0.25, 0.3) is 0 Å². The van der Waals surface area contributed by atoms with Gasteiger partial charge in [0.2, 0.25) is 0 Å². The van der Waals surface area contributed by atoms with E-state index in [0.717, 1.165) is 17.9 Å². The first-order chi connectivity index (χ1) is 9.29. The van der Waals surface area contributed by atoms with E-state index in [2.05, 4.69) is 32.4 Å². The first-order valence-electron chi connectivity index (χ1n) is 6.02. The molecule has 0 bridgehead atoms. The van der Waals surface area contributed by atoms with Crippen LogP contribution >= 0.6 is 0 Å². The molecule has 0 spiro atoms. The Morgan fingerprint density at radius 1 is 1.20 bits per heavy atom. The normalized spacial score (nSPS) is 10.2. The fourth-order valence-electron chi connectivity index (χ4n) is 1.93. The molecule has 1 aromatic carbocycles. The number of hydrogen-bond donors (Lipinski definition) is 2. The predicted molar refractivity (Wildman–Crippen MR) is 78.1 cm³/mol. The fourth-order valence-corrected chi connectivity index (χ4v) is 1.93. The lowest BCUT2D eigenvalue weighted by Crippen LogP contribution is -1.99. The summed E-state index contributed by atoms with van der Waals surface area (Å²) in [7, 11) is 0. The number of imidazole rings is 1. The minimum atomic E-state index is 0. The van der Waals surface area contributed by atoms with Crippen LogP contribution in [-0.4, -0.2) is 25.0 Å². The van der Waals surface area contributed by atoms with Crippen molar-refractivity contribution in [3.05, 3.63) is 59.7 Å². The second-order valence-corrected chi connectivity index (χ2v) is 4.36. The van der Waals surface area contributed by atoms with Gasteiger partial charge < -0.3 is 10.7 Å². The van der Waals surface area contributed by atoms with Gasteiger partial charge in [-0.25, -0.2) is 9.67 Å². The van der Waals surface area contributed by atoms with Crippen molar-refractivity contribution in [2.24, 2.45) is 0 Å². The molecule has 6 nitrogen and oxygen atoms in total. The molecule has 0 fully saturated rings. The number of nitrogens with two attached hydrogens (primary N) is 1. The summed E-state index contributed by atoms with van der Waals surface area (Å²) < 4.78 is 1.82. The maximum absolute atomic E-state index is 5.53. The number of H-pyrrole nitrogens is 1. The van der Waals surface area contributed by atoms with Gasteiger partial charge in [-0.05, 0) is 5.56 Å². The van der Waals surface area contributed by atoms with E-state index in [1.165, 1.54) is 5.56 Å². The minimum absolute atomic E-state index is 0. The molecule has 0 aliphatic rings. The van der Waals surface area contributed by atoms with Gasteiger partial charge in [0.15, 0.2) is 5.95 Å². The van der Waals surface area contributed by atoms with Crippen LogP contribution in [0.5, 0.6) is 0 Å². The molecule has 0 saturated heterocycles. The lowest BCUT2D eigenvalue weighted by atomic mass is 10.2. The monoisotopic (exact) mass is 270 g/mol. The average Bonchev–Trinajstić information content (AvgIpc) is 3.01. The molecule has 0 aliphatic carbocycles. The fraction of sp³-hybridized carbons (Fsp3) is 0.214. The summed E-state index contributed by atoms with van der Waals surface area (Å²) in [6.07, 6.45) is 4.30. The van der Waals surface area contributed by atoms with Crippen molar-refractivity contribution in [2.45, 2.75) is 20.4 Å². The summed E-state index contributed by atoms with van der Waals surface area (Å²) in [6.45, 7) is 0.721. The molecule has 0 atom stereocenters. The van der Waals surface area contributed by atoms with Crippen LogP contribution in [0.15, 0.2) is 42.7 Å². The highest BCUT2D eigenvalue weighted by Gasteiger charge is 2.04. The Morgan fingerprint density at radius 3 is 2.70 bits per heavy atom. The number of aromatic nitrogens is 5. The SMILES string of the molecule is C.Nc1ncc(Cc2cn(Cc3ccccc3)nn2)[nH]1. The standard InChI is InChI=1S/C13H14N6.CH4/c14-13-15-7-11(16-13)6-12-9-19(18-17-12)8-10-4-2-1-3-5-10;/h1-5,7,9H,6,8H2,(H3,14,15,16);1H4. The van der Waals surface area contributed by atoms with Crippen LogP contribution in [0.3, 0.4) is 0 Å². The molecular formula is C14H18N6. The molecule has 0 aliphatic heterocycles. The molecule has 2 heterocycles. The second-order valence-electron chi connectivity index (χ2n) is 4.36. The number of anilines is 1. The van der Waals surface area contributed by atoms with Crippen molar-refractivity contribution in [3.63, 3.8) is 0 Å². The second kappa shape index (κ2) is 6.01. The minimum Gasteiger partial charge on any atom is -0.369 e. The highest BCUT2D eigenvalue weighted by molar-refractivity contribution is 5.21. The Labute approximate surface area is 117 Å². The van der Waals surface area contributed by atoms with Crippen LogP contribution in [0.1, 0.15) is 24.4 Å². The van der Waals surface area contributed by atoms with Crippen molar-refractivity contribution in [1.29, 1.82) is 0 Å². The van der Waals surface area contributed by atoms with Gasteiger partial charge in [0.1, 0.15) is 0 Å². The maximum atomic E-state index is 5.53. The van der Waals surface area contributed by atoms with Gasteiger partial charge in [0.25, 0.3) is 0 Å². The van der Waals surface area contributed by atoms with Crippen LogP contribution in [-0.2, 0) is 13.0 Å². The average molecular weight is 270 g/mol. The quantitative estimate of drug-likeness (QED) is 0.757. The van der Waals surface area contributed by atoms with Crippen molar-refractivity contribution in [3.8, 4) is 0 Å². The van der Waals surface area contributed by atoms with E-state index in [0.29, 0.717) is 12.4 Å². The van der Waals surface area contributed by atoms with Gasteiger partial charge in [0.05, 0.1) is 18.4 Å². The molecule has 3 N–H and O–H groups in total. The summed E-state index contributed by atoms with van der Waals surface area (Å²) >= 11 is 0. The van der Waals surface area contributed by atoms with E-state index >= 15 is 0 Å². The van der Waals surface area contributed by atoms with Crippen LogP contribution < -0.4 is 5.73 Å². The van der Waals surface area contributed by atoms with Crippen molar-refractivity contribution in [2.75, 3.05) is 5.73 Å². The Balaban J connectivity index is 0.00000147. The van der Waals surface area contributed by atoms with E-state index in [-0.39, 0.29) is 7.43 Å². The summed E-state index contributed by atoms with van der Waals surface area (Å²) in [5.74, 6) is 0.423. The largest absolute Gasteiger partial charge is 0.369 e. The predicted octanol–water partition coefficient (Wildman–Crippen LogP) is 1.86. The van der Waals surface area contributed by atoms with Gasteiger partial charge in [-0.2, -0.15) is 0 Å². The first kappa shape index (κ1) is 13.8. The number of nitrogen functional groups attached to an aromatic ring is 1. The van der Waals surface area contributed by atoms with E-state index < -0.39 is 0 Å². The van der Waals surface area contributed by atoms with E-state index in [1.54, 1.807) is 6.20 Å². The molecule has 2 aromatic heterocycles. The third-order valence-corrected chi connectivity index (χ3v) is 2.79. The number of rotatable bonds is 4. The Bertz CT molecular complexity index is 655. The zero-order chi connectivity index (χ0) is 13.1. The lowest BCUT2D eigenvalue weighted by Gasteiger charge is -1.99. The number of nitrogens with zero attached hydrogens (tertiary/aromatic N) is 4. The van der Waals surface area contributed by atoms with Gasteiger partial charge >= 0.3 is 0 Å². The van der Waals surface area contributed by atoms with E-state index in [4.69, 9.17) is 5.73 Å². The van der Waals surface area contributed by atoms with Gasteiger partial charge in [-0.3, -0.25) is 0 Å². The maximum Gasteiger partial charge on any atom is 0.197 e. The lowest BCUT2D eigenvalue weighted by molar-refractivity contribution is 0.649. The van der Waals surface area contributed by atoms with Crippen LogP contribution in [0.2, 0.25) is 0 Å². The Morgan fingerprint density at radius 2 is 2.00 bits per heavy atom. The highest BCUT2D eigenvalue weighted by atomic mass is 15.4. The zero-order valence-corrected chi connectivity index (χ0v) is 10.3. The van der Waals surface area contributed by atoms with Gasteiger partial charge in [-0.15, -0.1) is 5.10 Å². The van der Waals surface area contributed by atoms with Gasteiger partial charge in [0, 0.05) is 18.3 Å². The van der Waals surface area contributed by atoms with Crippen molar-refractivity contribution < 1.29 is 0 Å². The molecule has 6 heteroatoms. The number of benzene rings is 1. The molecule has 3 rings (SSSR count). The summed E-state index contributed by atoms with van der Waals surface area (Å²) in [5.41, 5.74) is 8.55. The Kier molecular flexibility index (Phi) is 4.14. The van der Waals surface area contributed by atoms with Crippen molar-refractivity contribution >= 4 is 5.95 Å². The molecule has 0 radical (unpaired) electrons. The molecule has 0 amide bonds. The van der Waals surface area contributed by atoms with Crippen molar-refractivity contribution in [1.82, 2.24) is 25.0 Å². The number of aromatic amines is 1. The summed E-state index contributed by atoms with van der Waals surface area (Å²) in [5, 5.41) is 8.26. The topological polar surface area (TPSA) is 85.4 Å². The molecule has 0 saturated carbocycles. The van der Waals surface area contributed by atoms with Gasteiger partial charge in [-0.1, -0.05) is 43.0 Å². The third-order valence-electron chi connectivity index (χ3n) is 2.79.